The van der Waals surface area contributed by atoms with Crippen LogP contribution in [0.1, 0.15) is 19.4 Å². The first-order valence-electron chi connectivity index (χ1n) is 6.39. The molecule has 1 N–H and O–H groups in total. The fourth-order valence-electron chi connectivity index (χ4n) is 1.89. The zero-order valence-corrected chi connectivity index (χ0v) is 12.8. The van der Waals surface area contributed by atoms with E-state index >= 15 is 0 Å². The molecule has 0 bridgehead atoms. The van der Waals surface area contributed by atoms with Crippen molar-refractivity contribution in [2.24, 2.45) is 0 Å². The van der Waals surface area contributed by atoms with Crippen LogP contribution in [0.5, 0.6) is 5.75 Å². The van der Waals surface area contributed by atoms with E-state index in [-0.39, 0.29) is 17.8 Å². The number of ether oxygens (including phenoxy) is 1. The molecule has 0 radical (unpaired) electrons. The Balaban J connectivity index is 2.35. The lowest BCUT2D eigenvalue weighted by Gasteiger charge is -2.19. The highest BCUT2D eigenvalue weighted by Gasteiger charge is 2.13. The van der Waals surface area contributed by atoms with E-state index in [2.05, 4.69) is 5.32 Å². The maximum atomic E-state index is 11.2. The summed E-state index contributed by atoms with van der Waals surface area (Å²) >= 11 is 0. The van der Waals surface area contributed by atoms with Gasteiger partial charge in [0, 0.05) is 18.3 Å². The molecule has 0 heterocycles. The topological polar surface area (TPSA) is 55.4 Å². The molecule has 0 spiro atoms. The summed E-state index contributed by atoms with van der Waals surface area (Å²) in [6.07, 6.45) is 1.25. The molecule has 0 aliphatic rings. The molecule has 0 amide bonds. The standard InChI is InChI=1S/C14H23NO3S/c1-11-5-7-14(8-6-11)18-9-12(2)15-13(3)10-19(4,16)17/h5-8,12-13,15H,9-10H2,1-4H3. The van der Waals surface area contributed by atoms with Crippen molar-refractivity contribution in [1.82, 2.24) is 5.32 Å². The maximum absolute atomic E-state index is 11.2. The zero-order valence-electron chi connectivity index (χ0n) is 12.0. The van der Waals surface area contributed by atoms with Gasteiger partial charge in [-0.2, -0.15) is 0 Å². The number of hydrogen-bond donors (Lipinski definition) is 1. The van der Waals surface area contributed by atoms with Gasteiger partial charge in [-0.25, -0.2) is 8.42 Å². The van der Waals surface area contributed by atoms with E-state index in [4.69, 9.17) is 4.74 Å². The second-order valence-electron chi connectivity index (χ2n) is 5.19. The predicted octanol–water partition coefficient (Wildman–Crippen LogP) is 1.79. The van der Waals surface area contributed by atoms with Crippen LogP contribution in [0, 0.1) is 6.92 Å². The number of rotatable bonds is 7. The molecular formula is C14H23NO3S. The van der Waals surface area contributed by atoms with Gasteiger partial charge in [0.15, 0.2) is 0 Å². The lowest BCUT2D eigenvalue weighted by atomic mass is 10.2. The van der Waals surface area contributed by atoms with Crippen molar-refractivity contribution in [1.29, 1.82) is 0 Å². The molecule has 0 aliphatic heterocycles. The van der Waals surface area contributed by atoms with Gasteiger partial charge in [0.1, 0.15) is 22.2 Å². The highest BCUT2D eigenvalue weighted by Crippen LogP contribution is 2.11. The zero-order chi connectivity index (χ0) is 14.5. The fraction of sp³-hybridized carbons (Fsp3) is 0.571. The van der Waals surface area contributed by atoms with Crippen molar-refractivity contribution in [2.75, 3.05) is 18.6 Å². The largest absolute Gasteiger partial charge is 0.492 e. The van der Waals surface area contributed by atoms with Gasteiger partial charge in [-0.3, -0.25) is 0 Å². The first kappa shape index (κ1) is 16.0. The minimum Gasteiger partial charge on any atom is -0.492 e. The fourth-order valence-corrected chi connectivity index (χ4v) is 2.90. The summed E-state index contributed by atoms with van der Waals surface area (Å²) in [6.45, 7) is 6.38. The lowest BCUT2D eigenvalue weighted by Crippen LogP contribution is -2.41. The van der Waals surface area contributed by atoms with E-state index in [9.17, 15) is 8.42 Å². The Morgan fingerprint density at radius 3 is 2.26 bits per heavy atom. The van der Waals surface area contributed by atoms with Crippen LogP contribution in [-0.2, 0) is 9.84 Å². The predicted molar refractivity (Wildman–Crippen MR) is 78.4 cm³/mol. The third kappa shape index (κ3) is 7.18. The van der Waals surface area contributed by atoms with E-state index in [0.29, 0.717) is 6.61 Å². The molecule has 0 fully saturated rings. The summed E-state index contributed by atoms with van der Waals surface area (Å²) in [6, 6.07) is 7.88. The summed E-state index contributed by atoms with van der Waals surface area (Å²) in [7, 11) is -2.94. The van der Waals surface area contributed by atoms with Gasteiger partial charge in [0.05, 0.1) is 5.75 Å². The average molecular weight is 285 g/mol. The van der Waals surface area contributed by atoms with Crippen molar-refractivity contribution in [3.05, 3.63) is 29.8 Å². The molecule has 2 unspecified atom stereocenters. The van der Waals surface area contributed by atoms with E-state index in [1.165, 1.54) is 11.8 Å². The highest BCUT2D eigenvalue weighted by molar-refractivity contribution is 7.90. The monoisotopic (exact) mass is 285 g/mol. The van der Waals surface area contributed by atoms with Crippen LogP contribution in [0.3, 0.4) is 0 Å². The Morgan fingerprint density at radius 1 is 1.16 bits per heavy atom. The van der Waals surface area contributed by atoms with E-state index in [0.717, 1.165) is 5.75 Å². The first-order valence-corrected chi connectivity index (χ1v) is 8.45. The Morgan fingerprint density at radius 2 is 1.74 bits per heavy atom. The SMILES string of the molecule is Cc1ccc(OCC(C)NC(C)CS(C)(=O)=O)cc1. The van der Waals surface area contributed by atoms with Gasteiger partial charge in [-0.1, -0.05) is 17.7 Å². The molecule has 2 atom stereocenters. The van der Waals surface area contributed by atoms with Crippen LogP contribution in [0.15, 0.2) is 24.3 Å². The molecule has 0 saturated carbocycles. The molecule has 1 aromatic rings. The summed E-state index contributed by atoms with van der Waals surface area (Å²) in [5.41, 5.74) is 1.19. The van der Waals surface area contributed by atoms with Gasteiger partial charge in [0.25, 0.3) is 0 Å². The molecule has 4 nitrogen and oxygen atoms in total. The number of benzene rings is 1. The van der Waals surface area contributed by atoms with E-state index in [1.807, 2.05) is 45.0 Å². The second kappa shape index (κ2) is 6.91. The number of nitrogens with one attached hydrogen (secondary N) is 1. The van der Waals surface area contributed by atoms with Crippen LogP contribution in [0.4, 0.5) is 0 Å². The van der Waals surface area contributed by atoms with Crippen molar-refractivity contribution in [3.8, 4) is 5.75 Å². The minimum absolute atomic E-state index is 0.0772. The third-order valence-corrected chi connectivity index (χ3v) is 3.75. The second-order valence-corrected chi connectivity index (χ2v) is 7.37. The van der Waals surface area contributed by atoms with Gasteiger partial charge in [-0.05, 0) is 32.9 Å². The molecule has 0 saturated heterocycles. The molecule has 0 aliphatic carbocycles. The summed E-state index contributed by atoms with van der Waals surface area (Å²) in [5, 5.41) is 3.21. The maximum Gasteiger partial charge on any atom is 0.148 e. The third-order valence-electron chi connectivity index (χ3n) is 2.64. The van der Waals surface area contributed by atoms with Gasteiger partial charge < -0.3 is 10.1 Å². The number of hydrogen-bond acceptors (Lipinski definition) is 4. The lowest BCUT2D eigenvalue weighted by molar-refractivity contribution is 0.266. The molecule has 108 valence electrons. The first-order chi connectivity index (χ1) is 8.76. The van der Waals surface area contributed by atoms with Crippen molar-refractivity contribution in [3.63, 3.8) is 0 Å². The van der Waals surface area contributed by atoms with Gasteiger partial charge >= 0.3 is 0 Å². The molecule has 1 rings (SSSR count). The van der Waals surface area contributed by atoms with Crippen LogP contribution < -0.4 is 10.1 Å². The van der Waals surface area contributed by atoms with Crippen molar-refractivity contribution < 1.29 is 13.2 Å². The smallest absolute Gasteiger partial charge is 0.148 e. The Bertz CT molecular complexity index is 482. The Hall–Kier alpha value is -1.07. The average Bonchev–Trinajstić information content (AvgIpc) is 2.25. The van der Waals surface area contributed by atoms with Gasteiger partial charge in [-0.15, -0.1) is 0 Å². The number of aryl methyl sites for hydroxylation is 1. The minimum atomic E-state index is -2.94. The molecule has 0 aromatic heterocycles. The van der Waals surface area contributed by atoms with Crippen LogP contribution in [0.25, 0.3) is 0 Å². The quantitative estimate of drug-likeness (QED) is 0.830. The molecule has 5 heteroatoms. The Labute approximate surface area is 116 Å². The molecular weight excluding hydrogens is 262 g/mol. The van der Waals surface area contributed by atoms with E-state index in [1.54, 1.807) is 0 Å². The Kier molecular flexibility index (Phi) is 5.82. The van der Waals surface area contributed by atoms with Crippen LogP contribution in [0.2, 0.25) is 0 Å². The normalized spacial score (nSPS) is 14.9. The van der Waals surface area contributed by atoms with Crippen molar-refractivity contribution >= 4 is 9.84 Å². The summed E-state index contributed by atoms with van der Waals surface area (Å²) < 4.78 is 28.0. The van der Waals surface area contributed by atoms with Crippen molar-refractivity contribution in [2.45, 2.75) is 32.9 Å². The molecule has 1 aromatic carbocycles. The van der Waals surface area contributed by atoms with E-state index < -0.39 is 9.84 Å². The number of sulfone groups is 1. The van der Waals surface area contributed by atoms with Crippen LogP contribution in [-0.4, -0.2) is 39.1 Å². The molecule has 19 heavy (non-hydrogen) atoms. The van der Waals surface area contributed by atoms with Crippen LogP contribution >= 0.6 is 0 Å². The summed E-state index contributed by atoms with van der Waals surface area (Å²) in [4.78, 5) is 0. The van der Waals surface area contributed by atoms with Gasteiger partial charge in [0.2, 0.25) is 0 Å². The summed E-state index contributed by atoms with van der Waals surface area (Å²) in [5.74, 6) is 0.969. The highest BCUT2D eigenvalue weighted by atomic mass is 32.2.